The van der Waals surface area contributed by atoms with Gasteiger partial charge in [-0.15, -0.1) is 0 Å². The van der Waals surface area contributed by atoms with Gasteiger partial charge in [0.25, 0.3) is 5.91 Å². The van der Waals surface area contributed by atoms with E-state index in [2.05, 4.69) is 10.3 Å². The minimum Gasteiger partial charge on any atom is -0.392 e. The van der Waals surface area contributed by atoms with Gasteiger partial charge in [0.2, 0.25) is 0 Å². The first kappa shape index (κ1) is 24.3. The Morgan fingerprint density at radius 1 is 1.08 bits per heavy atom. The highest BCUT2D eigenvalue weighted by Crippen LogP contribution is 2.28. The number of nitrogens with zero attached hydrogens (tertiary/aromatic N) is 3. The van der Waals surface area contributed by atoms with E-state index in [0.717, 1.165) is 48.0 Å². The summed E-state index contributed by atoms with van der Waals surface area (Å²) in [6.45, 7) is 2.41. The highest BCUT2D eigenvalue weighted by atomic mass is 35.5. The van der Waals surface area contributed by atoms with Crippen LogP contribution < -0.4 is 11.0 Å². The molecule has 2 aromatic heterocycles. The third-order valence-electron chi connectivity index (χ3n) is 7.13. The Morgan fingerprint density at radius 3 is 2.47 bits per heavy atom. The molecule has 7 nitrogen and oxygen atoms in total. The van der Waals surface area contributed by atoms with E-state index >= 15 is 0 Å². The van der Waals surface area contributed by atoms with Crippen LogP contribution in [0.4, 0.5) is 0 Å². The Hall–Kier alpha value is -3.42. The lowest BCUT2D eigenvalue weighted by atomic mass is 9.85. The average molecular weight is 505 g/mol. The molecule has 36 heavy (non-hydrogen) atoms. The van der Waals surface area contributed by atoms with Crippen LogP contribution in [0.15, 0.2) is 65.6 Å². The summed E-state index contributed by atoms with van der Waals surface area (Å²) < 4.78 is 3.61. The zero-order valence-electron chi connectivity index (χ0n) is 20.2. The van der Waals surface area contributed by atoms with Gasteiger partial charge >= 0.3 is 5.69 Å². The van der Waals surface area contributed by atoms with E-state index < -0.39 is 0 Å². The number of halogens is 1. The van der Waals surface area contributed by atoms with Gasteiger partial charge in [-0.1, -0.05) is 35.9 Å². The predicted octanol–water partition coefficient (Wildman–Crippen LogP) is 4.63. The molecule has 0 saturated heterocycles. The van der Waals surface area contributed by atoms with Crippen molar-refractivity contribution in [1.82, 2.24) is 19.4 Å². The van der Waals surface area contributed by atoms with Crippen LogP contribution >= 0.6 is 11.6 Å². The normalized spacial score (nSPS) is 17.9. The molecule has 2 heterocycles. The maximum Gasteiger partial charge on any atom is 0.333 e. The summed E-state index contributed by atoms with van der Waals surface area (Å²) in [6.07, 6.45) is 5.12. The van der Waals surface area contributed by atoms with E-state index in [0.29, 0.717) is 28.7 Å². The number of carbonyl (C=O) groups is 1. The van der Waals surface area contributed by atoms with Crippen LogP contribution in [0.25, 0.3) is 16.7 Å². The second-order valence-corrected chi connectivity index (χ2v) is 9.96. The van der Waals surface area contributed by atoms with Crippen molar-refractivity contribution in [3.63, 3.8) is 0 Å². The molecule has 4 aromatic rings. The van der Waals surface area contributed by atoms with Crippen LogP contribution in [0.1, 0.15) is 47.3 Å². The van der Waals surface area contributed by atoms with Gasteiger partial charge in [-0.2, -0.15) is 0 Å². The van der Waals surface area contributed by atoms with E-state index in [-0.39, 0.29) is 24.2 Å². The Kier molecular flexibility index (Phi) is 6.94. The Morgan fingerprint density at radius 2 is 1.78 bits per heavy atom. The minimum absolute atomic E-state index is 0.0321. The Bertz CT molecular complexity index is 1450. The minimum atomic E-state index is -0.141. The zero-order chi connectivity index (χ0) is 25.2. The largest absolute Gasteiger partial charge is 0.392 e. The van der Waals surface area contributed by atoms with Crippen molar-refractivity contribution in [2.45, 2.75) is 51.8 Å². The van der Waals surface area contributed by atoms with Crippen molar-refractivity contribution in [2.24, 2.45) is 5.92 Å². The smallest absolute Gasteiger partial charge is 0.333 e. The maximum atomic E-state index is 13.5. The summed E-state index contributed by atoms with van der Waals surface area (Å²) in [5.41, 5.74) is 4.47. The zero-order valence-corrected chi connectivity index (χ0v) is 20.9. The van der Waals surface area contributed by atoms with Crippen molar-refractivity contribution in [3.05, 3.63) is 93.1 Å². The molecule has 2 N–H and O–H groups in total. The van der Waals surface area contributed by atoms with Crippen molar-refractivity contribution in [3.8, 4) is 5.69 Å². The van der Waals surface area contributed by atoms with Gasteiger partial charge in [0.05, 0.1) is 39.6 Å². The first-order valence-electron chi connectivity index (χ1n) is 12.3. The van der Waals surface area contributed by atoms with Crippen LogP contribution in [-0.4, -0.2) is 31.2 Å². The molecule has 1 aliphatic rings. The Balaban J connectivity index is 1.30. The highest BCUT2D eigenvalue weighted by Gasteiger charge is 2.25. The number of para-hydroxylation sites is 2. The highest BCUT2D eigenvalue weighted by molar-refractivity contribution is 6.30. The van der Waals surface area contributed by atoms with Gasteiger partial charge < -0.3 is 10.4 Å². The summed E-state index contributed by atoms with van der Waals surface area (Å²) in [7, 11) is 0. The van der Waals surface area contributed by atoms with E-state index in [1.54, 1.807) is 23.8 Å². The second kappa shape index (κ2) is 10.3. The average Bonchev–Trinajstić information content (AvgIpc) is 3.17. The van der Waals surface area contributed by atoms with Crippen molar-refractivity contribution in [1.29, 1.82) is 0 Å². The summed E-state index contributed by atoms with van der Waals surface area (Å²) in [4.78, 5) is 30.5. The molecule has 1 aliphatic carbocycles. The van der Waals surface area contributed by atoms with Crippen molar-refractivity contribution in [2.75, 3.05) is 0 Å². The number of aryl methyl sites for hydroxylation is 1. The van der Waals surface area contributed by atoms with Crippen LogP contribution in [0, 0.1) is 12.8 Å². The number of fused-ring (bicyclic) bond motifs is 1. The fourth-order valence-electron chi connectivity index (χ4n) is 5.13. The lowest BCUT2D eigenvalue weighted by Crippen LogP contribution is -2.39. The first-order chi connectivity index (χ1) is 17.4. The van der Waals surface area contributed by atoms with Crippen LogP contribution in [0.2, 0.25) is 5.02 Å². The predicted molar refractivity (Wildman–Crippen MR) is 141 cm³/mol. The summed E-state index contributed by atoms with van der Waals surface area (Å²) >= 11 is 6.03. The van der Waals surface area contributed by atoms with Gasteiger partial charge in [0.15, 0.2) is 0 Å². The molecule has 0 aliphatic heterocycles. The molecule has 2 aromatic carbocycles. The molecular weight excluding hydrogens is 476 g/mol. The molecule has 0 spiro atoms. The molecule has 1 fully saturated rings. The van der Waals surface area contributed by atoms with E-state index in [4.69, 9.17) is 11.6 Å². The molecule has 0 unspecified atom stereocenters. The molecular formula is C28H29ClN4O3. The van der Waals surface area contributed by atoms with Gasteiger partial charge in [-0.3, -0.25) is 18.9 Å². The number of benzene rings is 2. The molecule has 0 bridgehead atoms. The molecule has 8 heteroatoms. The van der Waals surface area contributed by atoms with Gasteiger partial charge in [-0.25, -0.2) is 4.79 Å². The SMILES string of the molecule is Cc1ncc(Cl)cc1C(=O)N[C@H]1CC[C@H](Cn2c(=O)n(-c3ccc(CO)cc3)c3ccccc32)CC1. The van der Waals surface area contributed by atoms with E-state index in [1.165, 1.54) is 0 Å². The fourth-order valence-corrected chi connectivity index (χ4v) is 5.29. The number of aromatic nitrogens is 3. The quantitative estimate of drug-likeness (QED) is 0.400. The number of hydrogen-bond acceptors (Lipinski definition) is 4. The van der Waals surface area contributed by atoms with Crippen LogP contribution in [-0.2, 0) is 13.2 Å². The number of pyridine rings is 1. The number of amides is 1. The topological polar surface area (TPSA) is 89.2 Å². The van der Waals surface area contributed by atoms with Crippen LogP contribution in [0.3, 0.4) is 0 Å². The molecule has 186 valence electrons. The fraction of sp³-hybridized carbons (Fsp3) is 0.321. The molecule has 1 amide bonds. The van der Waals surface area contributed by atoms with E-state index in [9.17, 15) is 14.7 Å². The lowest BCUT2D eigenvalue weighted by molar-refractivity contribution is 0.0919. The first-order valence-corrected chi connectivity index (χ1v) is 12.7. The Labute approximate surface area is 214 Å². The maximum absolute atomic E-state index is 13.5. The lowest BCUT2D eigenvalue weighted by Gasteiger charge is -2.29. The number of carbonyl (C=O) groups excluding carboxylic acids is 1. The number of aliphatic hydroxyl groups excluding tert-OH is 1. The number of imidazole rings is 1. The summed E-state index contributed by atoms with van der Waals surface area (Å²) in [6, 6.07) is 17.0. The number of rotatable bonds is 6. The molecule has 1 saturated carbocycles. The number of nitrogens with one attached hydrogen (secondary N) is 1. The van der Waals surface area contributed by atoms with Gasteiger partial charge in [0.1, 0.15) is 0 Å². The third-order valence-corrected chi connectivity index (χ3v) is 7.34. The number of aliphatic hydroxyl groups is 1. The van der Waals surface area contributed by atoms with Crippen LogP contribution in [0.5, 0.6) is 0 Å². The van der Waals surface area contributed by atoms with Crippen molar-refractivity contribution >= 4 is 28.5 Å². The van der Waals surface area contributed by atoms with Gasteiger partial charge in [-0.05, 0) is 74.4 Å². The third kappa shape index (κ3) is 4.81. The molecule has 0 radical (unpaired) electrons. The molecule has 0 atom stereocenters. The van der Waals surface area contributed by atoms with E-state index in [1.807, 2.05) is 53.1 Å². The van der Waals surface area contributed by atoms with Gasteiger partial charge in [0, 0.05) is 18.8 Å². The summed E-state index contributed by atoms with van der Waals surface area (Å²) in [5.74, 6) is 0.207. The monoisotopic (exact) mass is 504 g/mol. The number of hydrogen-bond donors (Lipinski definition) is 2. The second-order valence-electron chi connectivity index (χ2n) is 9.52. The standard InChI is InChI=1S/C28H29ClN4O3/c1-18-24(14-21(29)15-30-18)27(35)31-22-10-6-19(7-11-22)16-32-25-4-2-3-5-26(25)33(28(32)36)23-12-8-20(17-34)9-13-23/h2-5,8-9,12-15,19,22,34H,6-7,10-11,16-17H2,1H3,(H,31,35)/t19-,22-. The van der Waals surface area contributed by atoms with Crippen molar-refractivity contribution < 1.29 is 9.90 Å². The molecule has 5 rings (SSSR count). The summed E-state index contributed by atoms with van der Waals surface area (Å²) in [5, 5.41) is 12.9.